The maximum atomic E-state index is 14.4. The van der Waals surface area contributed by atoms with Gasteiger partial charge in [0, 0.05) is 56.1 Å². The highest BCUT2D eigenvalue weighted by Gasteiger charge is 2.17. The fraction of sp³-hybridized carbons (Fsp3) is 0.375. The van der Waals surface area contributed by atoms with Crippen LogP contribution in [-0.4, -0.2) is 61.5 Å². The summed E-state index contributed by atoms with van der Waals surface area (Å²) in [6, 6.07) is 10.0. The van der Waals surface area contributed by atoms with Gasteiger partial charge >= 0.3 is 0 Å². The molecule has 0 spiro atoms. The van der Waals surface area contributed by atoms with Crippen molar-refractivity contribution >= 4 is 16.6 Å². The number of pyridine rings is 1. The number of hydrogen-bond donors (Lipinski definition) is 2. The predicted octanol–water partition coefficient (Wildman–Crippen LogP) is 4.05. The number of fused-ring (bicyclic) bond motifs is 1. The van der Waals surface area contributed by atoms with Gasteiger partial charge in [-0.25, -0.2) is 4.39 Å². The average Bonchev–Trinajstić information content (AvgIpc) is 2.81. The summed E-state index contributed by atoms with van der Waals surface area (Å²) in [6.45, 7) is 3.00. The molecule has 0 unspecified atom stereocenters. The number of benzene rings is 2. The lowest BCUT2D eigenvalue weighted by Crippen LogP contribution is -2.38. The van der Waals surface area contributed by atoms with E-state index in [4.69, 9.17) is 14.2 Å². The van der Waals surface area contributed by atoms with E-state index in [0.717, 1.165) is 32.5 Å². The second-order valence-electron chi connectivity index (χ2n) is 7.75. The SMILES string of the molecule is CNc1ccc(Oc2ccnc3cc(OCCN4CCC(O)CC4)c(OC)cc23)c(F)c1. The van der Waals surface area contributed by atoms with Crippen LogP contribution in [0.2, 0.25) is 0 Å². The second-order valence-corrected chi connectivity index (χ2v) is 7.75. The number of ether oxygens (including phenoxy) is 3. The number of aromatic nitrogens is 1. The largest absolute Gasteiger partial charge is 0.493 e. The highest BCUT2D eigenvalue weighted by molar-refractivity contribution is 5.88. The minimum Gasteiger partial charge on any atom is -0.493 e. The summed E-state index contributed by atoms with van der Waals surface area (Å²) in [5, 5.41) is 13.2. The van der Waals surface area contributed by atoms with E-state index in [-0.39, 0.29) is 11.9 Å². The Morgan fingerprint density at radius 2 is 1.91 bits per heavy atom. The van der Waals surface area contributed by atoms with E-state index < -0.39 is 5.82 Å². The number of methoxy groups -OCH3 is 1. The third kappa shape index (κ3) is 5.03. The first-order chi connectivity index (χ1) is 15.6. The fourth-order valence-corrected chi connectivity index (χ4v) is 3.77. The van der Waals surface area contributed by atoms with Crippen LogP contribution in [0.15, 0.2) is 42.6 Å². The van der Waals surface area contributed by atoms with Crippen molar-refractivity contribution in [2.45, 2.75) is 18.9 Å². The number of anilines is 1. The molecule has 8 heteroatoms. The van der Waals surface area contributed by atoms with Crippen molar-refractivity contribution in [1.29, 1.82) is 0 Å². The minimum absolute atomic E-state index is 0.127. The number of aliphatic hydroxyl groups excluding tert-OH is 1. The molecule has 170 valence electrons. The third-order valence-electron chi connectivity index (χ3n) is 5.65. The van der Waals surface area contributed by atoms with E-state index in [1.807, 2.05) is 0 Å². The van der Waals surface area contributed by atoms with Gasteiger partial charge in [-0.15, -0.1) is 0 Å². The zero-order chi connectivity index (χ0) is 22.5. The number of nitrogens with one attached hydrogen (secondary N) is 1. The molecule has 7 nitrogen and oxygen atoms in total. The summed E-state index contributed by atoms with van der Waals surface area (Å²) < 4.78 is 31.8. The van der Waals surface area contributed by atoms with Crippen LogP contribution < -0.4 is 19.5 Å². The van der Waals surface area contributed by atoms with Crippen molar-refractivity contribution in [3.8, 4) is 23.0 Å². The van der Waals surface area contributed by atoms with Crippen LogP contribution >= 0.6 is 0 Å². The van der Waals surface area contributed by atoms with E-state index in [2.05, 4.69) is 15.2 Å². The molecule has 1 aromatic heterocycles. The summed E-state index contributed by atoms with van der Waals surface area (Å²) in [5.74, 6) is 1.28. The molecule has 2 N–H and O–H groups in total. The van der Waals surface area contributed by atoms with Crippen molar-refractivity contribution in [3.05, 3.63) is 48.4 Å². The van der Waals surface area contributed by atoms with Gasteiger partial charge < -0.3 is 24.6 Å². The quantitative estimate of drug-likeness (QED) is 0.546. The number of rotatable bonds is 8. The highest BCUT2D eigenvalue weighted by atomic mass is 19.1. The molecule has 0 amide bonds. The van der Waals surface area contributed by atoms with E-state index in [9.17, 15) is 9.50 Å². The van der Waals surface area contributed by atoms with Crippen molar-refractivity contribution in [2.75, 3.05) is 45.7 Å². The molecule has 1 aliphatic rings. The summed E-state index contributed by atoms with van der Waals surface area (Å²) in [7, 11) is 3.31. The highest BCUT2D eigenvalue weighted by Crippen LogP contribution is 2.37. The molecule has 4 rings (SSSR count). The Morgan fingerprint density at radius 3 is 2.62 bits per heavy atom. The molecule has 0 bridgehead atoms. The monoisotopic (exact) mass is 441 g/mol. The van der Waals surface area contributed by atoms with E-state index >= 15 is 0 Å². The fourth-order valence-electron chi connectivity index (χ4n) is 3.77. The maximum Gasteiger partial charge on any atom is 0.167 e. The molecule has 2 aromatic carbocycles. The smallest absolute Gasteiger partial charge is 0.167 e. The van der Waals surface area contributed by atoms with E-state index in [1.165, 1.54) is 6.07 Å². The first kappa shape index (κ1) is 22.1. The number of aliphatic hydroxyl groups is 1. The van der Waals surface area contributed by atoms with Gasteiger partial charge in [0.1, 0.15) is 12.4 Å². The van der Waals surface area contributed by atoms with E-state index in [0.29, 0.717) is 40.4 Å². The maximum absolute atomic E-state index is 14.4. The Morgan fingerprint density at radius 1 is 1.09 bits per heavy atom. The van der Waals surface area contributed by atoms with Crippen LogP contribution in [0.1, 0.15) is 12.8 Å². The molecule has 32 heavy (non-hydrogen) atoms. The number of nitrogens with zero attached hydrogens (tertiary/aromatic N) is 2. The molecular weight excluding hydrogens is 413 g/mol. The van der Waals surface area contributed by atoms with Gasteiger partial charge in [0.15, 0.2) is 23.1 Å². The Hall–Kier alpha value is -3.10. The molecule has 0 radical (unpaired) electrons. The minimum atomic E-state index is -0.459. The predicted molar refractivity (Wildman–Crippen MR) is 121 cm³/mol. The molecule has 0 atom stereocenters. The summed E-state index contributed by atoms with van der Waals surface area (Å²) in [4.78, 5) is 6.69. The zero-order valence-corrected chi connectivity index (χ0v) is 18.3. The number of hydrogen-bond acceptors (Lipinski definition) is 7. The Balaban J connectivity index is 1.52. The van der Waals surface area contributed by atoms with Gasteiger partial charge in [-0.2, -0.15) is 0 Å². The van der Waals surface area contributed by atoms with Gasteiger partial charge in [0.05, 0.1) is 18.7 Å². The lowest BCUT2D eigenvalue weighted by Gasteiger charge is -2.29. The van der Waals surface area contributed by atoms with Gasteiger partial charge in [0.25, 0.3) is 0 Å². The first-order valence-electron chi connectivity index (χ1n) is 10.7. The van der Waals surface area contributed by atoms with Gasteiger partial charge in [0.2, 0.25) is 0 Å². The number of piperidine rings is 1. The summed E-state index contributed by atoms with van der Waals surface area (Å²) >= 11 is 0. The van der Waals surface area contributed by atoms with Crippen molar-refractivity contribution in [1.82, 2.24) is 9.88 Å². The molecular formula is C24H28FN3O4. The van der Waals surface area contributed by atoms with Crippen LogP contribution in [0.5, 0.6) is 23.0 Å². The van der Waals surface area contributed by atoms with Crippen molar-refractivity contribution < 1.29 is 23.7 Å². The molecule has 2 heterocycles. The summed E-state index contributed by atoms with van der Waals surface area (Å²) in [5.41, 5.74) is 1.32. The van der Waals surface area contributed by atoms with Crippen LogP contribution in [0, 0.1) is 5.82 Å². The molecule has 3 aromatic rings. The molecule has 0 saturated carbocycles. The standard InChI is InChI=1S/C24H28FN3O4/c1-26-16-3-4-22(19(25)13-16)32-21-5-8-27-20-15-24(23(30-2)14-18(20)21)31-12-11-28-9-6-17(29)7-10-28/h3-5,8,13-15,17,26,29H,6-7,9-12H2,1-2H3. The number of halogens is 1. The Labute approximate surface area is 186 Å². The van der Waals surface area contributed by atoms with Gasteiger partial charge in [-0.05, 0) is 37.1 Å². The normalized spacial score (nSPS) is 15.0. The van der Waals surface area contributed by atoms with Crippen LogP contribution in [0.4, 0.5) is 10.1 Å². The van der Waals surface area contributed by atoms with E-state index in [1.54, 1.807) is 50.7 Å². The van der Waals surface area contributed by atoms with Crippen molar-refractivity contribution in [3.63, 3.8) is 0 Å². The topological polar surface area (TPSA) is 76.1 Å². The molecule has 1 fully saturated rings. The van der Waals surface area contributed by atoms with Crippen LogP contribution in [0.25, 0.3) is 10.9 Å². The molecule has 1 saturated heterocycles. The summed E-state index contributed by atoms with van der Waals surface area (Å²) in [6.07, 6.45) is 3.02. The Kier molecular flexibility index (Phi) is 6.92. The van der Waals surface area contributed by atoms with Gasteiger partial charge in [-0.3, -0.25) is 9.88 Å². The average molecular weight is 442 g/mol. The second kappa shape index (κ2) is 10.0. The molecule has 0 aliphatic carbocycles. The lowest BCUT2D eigenvalue weighted by molar-refractivity contribution is 0.0753. The van der Waals surface area contributed by atoms with Crippen LogP contribution in [-0.2, 0) is 0 Å². The number of likely N-dealkylation sites (tertiary alicyclic amines) is 1. The van der Waals surface area contributed by atoms with Gasteiger partial charge in [-0.1, -0.05) is 0 Å². The lowest BCUT2D eigenvalue weighted by atomic mass is 10.1. The molecule has 1 aliphatic heterocycles. The first-order valence-corrected chi connectivity index (χ1v) is 10.7. The third-order valence-corrected chi connectivity index (χ3v) is 5.65. The van der Waals surface area contributed by atoms with Crippen LogP contribution in [0.3, 0.4) is 0 Å². The van der Waals surface area contributed by atoms with Crippen molar-refractivity contribution in [2.24, 2.45) is 0 Å². The Bertz CT molecular complexity index is 1070. The zero-order valence-electron chi connectivity index (χ0n) is 18.3.